The summed E-state index contributed by atoms with van der Waals surface area (Å²) in [6.07, 6.45) is 5.31. The SMILES string of the molecule is Cl.Cl.Cn1ccnc1C1CNCCN1C(=O)COc1ccc(Oc2ccccn2)cc1. The van der Waals surface area contributed by atoms with Crippen molar-refractivity contribution in [2.75, 3.05) is 26.2 Å². The topological polar surface area (TPSA) is 81.5 Å². The molecule has 0 bridgehead atoms. The highest BCUT2D eigenvalue weighted by Crippen LogP contribution is 2.23. The summed E-state index contributed by atoms with van der Waals surface area (Å²) in [5.41, 5.74) is 0. The molecule has 1 aliphatic rings. The molecule has 10 heteroatoms. The fourth-order valence-corrected chi connectivity index (χ4v) is 3.29. The number of amides is 1. The van der Waals surface area contributed by atoms with E-state index < -0.39 is 0 Å². The minimum Gasteiger partial charge on any atom is -0.484 e. The van der Waals surface area contributed by atoms with Gasteiger partial charge in [0.1, 0.15) is 23.4 Å². The summed E-state index contributed by atoms with van der Waals surface area (Å²) in [5, 5.41) is 3.33. The summed E-state index contributed by atoms with van der Waals surface area (Å²) >= 11 is 0. The molecule has 1 aliphatic heterocycles. The predicted molar refractivity (Wildman–Crippen MR) is 121 cm³/mol. The lowest BCUT2D eigenvalue weighted by Gasteiger charge is -2.35. The van der Waals surface area contributed by atoms with Gasteiger partial charge in [-0.3, -0.25) is 4.79 Å². The van der Waals surface area contributed by atoms with Gasteiger partial charge < -0.3 is 24.3 Å². The Hall–Kier alpha value is -2.81. The van der Waals surface area contributed by atoms with Crippen LogP contribution in [0.1, 0.15) is 11.9 Å². The molecule has 8 nitrogen and oxygen atoms in total. The summed E-state index contributed by atoms with van der Waals surface area (Å²) < 4.78 is 13.3. The van der Waals surface area contributed by atoms with E-state index in [1.165, 1.54) is 0 Å². The Morgan fingerprint density at radius 1 is 1.10 bits per heavy atom. The number of piperazine rings is 1. The number of nitrogens with one attached hydrogen (secondary N) is 1. The standard InChI is InChI=1S/C21H23N5O3.2ClH/c1-25-12-11-24-21(25)18-14-22-10-13-26(18)20(27)15-28-16-5-7-17(8-6-16)29-19-4-2-3-9-23-19;;/h2-9,11-12,18,22H,10,13-15H2,1H3;2*1H. The molecular formula is C21H25Cl2N5O3. The zero-order valence-corrected chi connectivity index (χ0v) is 18.6. The van der Waals surface area contributed by atoms with E-state index in [9.17, 15) is 4.79 Å². The molecule has 1 amide bonds. The molecule has 166 valence electrons. The van der Waals surface area contributed by atoms with Crippen LogP contribution in [0.25, 0.3) is 0 Å². The number of benzene rings is 1. The van der Waals surface area contributed by atoms with Crippen LogP contribution in [-0.4, -0.2) is 51.6 Å². The smallest absolute Gasteiger partial charge is 0.261 e. The van der Waals surface area contributed by atoms with E-state index in [1.54, 1.807) is 42.7 Å². The molecule has 1 saturated heterocycles. The Morgan fingerprint density at radius 2 is 1.87 bits per heavy atom. The Balaban J connectivity index is 0.00000171. The third kappa shape index (κ3) is 6.10. The van der Waals surface area contributed by atoms with E-state index >= 15 is 0 Å². The van der Waals surface area contributed by atoms with Crippen molar-refractivity contribution < 1.29 is 14.3 Å². The number of pyridine rings is 1. The molecule has 1 atom stereocenters. The number of ether oxygens (including phenoxy) is 2. The van der Waals surface area contributed by atoms with Crippen molar-refractivity contribution in [2.24, 2.45) is 7.05 Å². The molecule has 31 heavy (non-hydrogen) atoms. The average Bonchev–Trinajstić information content (AvgIpc) is 3.19. The maximum absolute atomic E-state index is 12.8. The molecular weight excluding hydrogens is 441 g/mol. The molecule has 4 rings (SSSR count). The van der Waals surface area contributed by atoms with Gasteiger partial charge in [0.05, 0.1) is 0 Å². The van der Waals surface area contributed by atoms with Gasteiger partial charge in [-0.1, -0.05) is 6.07 Å². The quantitative estimate of drug-likeness (QED) is 0.602. The Bertz CT molecular complexity index is 953. The van der Waals surface area contributed by atoms with E-state index in [4.69, 9.17) is 9.47 Å². The van der Waals surface area contributed by atoms with Crippen molar-refractivity contribution in [2.45, 2.75) is 6.04 Å². The minimum absolute atomic E-state index is 0. The third-order valence-corrected chi connectivity index (χ3v) is 4.77. The molecule has 1 aromatic carbocycles. The Labute approximate surface area is 193 Å². The molecule has 3 aromatic rings. The van der Waals surface area contributed by atoms with E-state index in [2.05, 4.69) is 15.3 Å². The fraction of sp³-hybridized carbons (Fsp3) is 0.286. The van der Waals surface area contributed by atoms with Gasteiger partial charge in [0.25, 0.3) is 5.91 Å². The largest absolute Gasteiger partial charge is 0.484 e. The molecule has 1 unspecified atom stereocenters. The lowest BCUT2D eigenvalue weighted by molar-refractivity contribution is -0.137. The van der Waals surface area contributed by atoms with Gasteiger partial charge in [-0.05, 0) is 30.3 Å². The summed E-state index contributed by atoms with van der Waals surface area (Å²) in [5.74, 6) is 2.58. The van der Waals surface area contributed by atoms with Gasteiger partial charge in [0, 0.05) is 51.3 Å². The number of nitrogens with zero attached hydrogens (tertiary/aromatic N) is 4. The minimum atomic E-state index is -0.103. The van der Waals surface area contributed by atoms with Gasteiger partial charge >= 0.3 is 0 Å². The molecule has 0 spiro atoms. The van der Waals surface area contributed by atoms with Crippen molar-refractivity contribution in [1.29, 1.82) is 0 Å². The molecule has 0 aliphatic carbocycles. The predicted octanol–water partition coefficient (Wildman–Crippen LogP) is 3.00. The Kier molecular flexibility index (Phi) is 9.11. The number of carbonyl (C=O) groups excluding carboxylic acids is 1. The van der Waals surface area contributed by atoms with Crippen LogP contribution in [0, 0.1) is 0 Å². The van der Waals surface area contributed by atoms with Gasteiger partial charge in [-0.2, -0.15) is 0 Å². The molecule has 1 N–H and O–H groups in total. The summed E-state index contributed by atoms with van der Waals surface area (Å²) in [4.78, 5) is 23.2. The van der Waals surface area contributed by atoms with Gasteiger partial charge in [-0.15, -0.1) is 24.8 Å². The second-order valence-corrected chi connectivity index (χ2v) is 6.73. The van der Waals surface area contributed by atoms with Crippen LogP contribution in [0.15, 0.2) is 61.1 Å². The zero-order chi connectivity index (χ0) is 20.1. The highest BCUT2D eigenvalue weighted by molar-refractivity contribution is 5.85. The van der Waals surface area contributed by atoms with Gasteiger partial charge in [0.15, 0.2) is 6.61 Å². The van der Waals surface area contributed by atoms with Crippen LogP contribution in [0.3, 0.4) is 0 Å². The summed E-state index contributed by atoms with van der Waals surface area (Å²) in [6.45, 7) is 2.03. The highest BCUT2D eigenvalue weighted by atomic mass is 35.5. The number of halogens is 2. The van der Waals surface area contributed by atoms with Crippen LogP contribution in [0.2, 0.25) is 0 Å². The van der Waals surface area contributed by atoms with E-state index in [0.29, 0.717) is 30.5 Å². The van der Waals surface area contributed by atoms with E-state index in [1.807, 2.05) is 34.8 Å². The summed E-state index contributed by atoms with van der Waals surface area (Å²) in [6, 6.07) is 12.5. The van der Waals surface area contributed by atoms with Crippen molar-refractivity contribution >= 4 is 30.7 Å². The first kappa shape index (κ1) is 24.5. The number of imidazole rings is 1. The van der Waals surface area contributed by atoms with Crippen LogP contribution in [0.5, 0.6) is 17.4 Å². The monoisotopic (exact) mass is 465 g/mol. The maximum Gasteiger partial charge on any atom is 0.261 e. The third-order valence-electron chi connectivity index (χ3n) is 4.77. The summed E-state index contributed by atoms with van der Waals surface area (Å²) in [7, 11) is 1.94. The fourth-order valence-electron chi connectivity index (χ4n) is 3.29. The van der Waals surface area contributed by atoms with Crippen molar-refractivity contribution in [3.8, 4) is 17.4 Å². The maximum atomic E-state index is 12.8. The van der Waals surface area contributed by atoms with Gasteiger partial charge in [-0.25, -0.2) is 9.97 Å². The number of aryl methyl sites for hydroxylation is 1. The zero-order valence-electron chi connectivity index (χ0n) is 17.0. The van der Waals surface area contributed by atoms with Crippen LogP contribution < -0.4 is 14.8 Å². The van der Waals surface area contributed by atoms with E-state index in [0.717, 1.165) is 12.4 Å². The number of rotatable bonds is 6. The van der Waals surface area contributed by atoms with Crippen molar-refractivity contribution in [3.63, 3.8) is 0 Å². The second-order valence-electron chi connectivity index (χ2n) is 6.73. The molecule has 0 radical (unpaired) electrons. The first-order valence-corrected chi connectivity index (χ1v) is 9.50. The number of hydrogen-bond acceptors (Lipinski definition) is 6. The normalized spacial score (nSPS) is 15.4. The molecule has 3 heterocycles. The number of hydrogen-bond donors (Lipinski definition) is 1. The lowest BCUT2D eigenvalue weighted by atomic mass is 10.1. The van der Waals surface area contributed by atoms with Crippen molar-refractivity contribution in [3.05, 3.63) is 66.9 Å². The van der Waals surface area contributed by atoms with E-state index in [-0.39, 0.29) is 43.4 Å². The molecule has 2 aromatic heterocycles. The average molecular weight is 466 g/mol. The van der Waals surface area contributed by atoms with Crippen LogP contribution in [0.4, 0.5) is 0 Å². The first-order chi connectivity index (χ1) is 14.2. The van der Waals surface area contributed by atoms with Gasteiger partial charge in [0.2, 0.25) is 5.88 Å². The number of aromatic nitrogens is 3. The van der Waals surface area contributed by atoms with Crippen molar-refractivity contribution in [1.82, 2.24) is 24.8 Å². The highest BCUT2D eigenvalue weighted by Gasteiger charge is 2.30. The number of carbonyl (C=O) groups is 1. The first-order valence-electron chi connectivity index (χ1n) is 9.50. The molecule has 0 saturated carbocycles. The Morgan fingerprint density at radius 3 is 2.55 bits per heavy atom. The molecule has 1 fully saturated rings. The van der Waals surface area contributed by atoms with Crippen LogP contribution in [-0.2, 0) is 11.8 Å². The lowest BCUT2D eigenvalue weighted by Crippen LogP contribution is -2.50. The van der Waals surface area contributed by atoms with Crippen LogP contribution >= 0.6 is 24.8 Å². The second kappa shape index (κ2) is 11.5.